The van der Waals surface area contributed by atoms with Crippen LogP contribution in [0.15, 0.2) is 4.52 Å². The van der Waals surface area contributed by atoms with Crippen LogP contribution in [0.25, 0.3) is 0 Å². The number of ether oxygens (including phenoxy) is 1. The minimum absolute atomic E-state index is 0.301. The second-order valence-electron chi connectivity index (χ2n) is 4.48. The molecule has 0 amide bonds. The first kappa shape index (κ1) is 12.4. The van der Waals surface area contributed by atoms with Crippen molar-refractivity contribution >= 4 is 6.01 Å². The van der Waals surface area contributed by atoms with E-state index in [9.17, 15) is 0 Å². The molecule has 1 aromatic heterocycles. The van der Waals surface area contributed by atoms with Gasteiger partial charge in [-0.2, -0.15) is 4.98 Å². The van der Waals surface area contributed by atoms with Gasteiger partial charge in [-0.3, -0.25) is 0 Å². The number of anilines is 1. The fourth-order valence-corrected chi connectivity index (χ4v) is 2.37. The third-order valence-corrected chi connectivity index (χ3v) is 3.19. The summed E-state index contributed by atoms with van der Waals surface area (Å²) in [6.07, 6.45) is 5.37. The lowest BCUT2D eigenvalue weighted by molar-refractivity contribution is -0.0469. The Morgan fingerprint density at radius 3 is 2.76 bits per heavy atom. The molecule has 0 radical (unpaired) electrons. The summed E-state index contributed by atoms with van der Waals surface area (Å²) >= 11 is 0. The van der Waals surface area contributed by atoms with Crippen molar-refractivity contribution in [1.82, 2.24) is 10.1 Å². The monoisotopic (exact) mass is 239 g/mol. The van der Waals surface area contributed by atoms with Gasteiger partial charge in [-0.05, 0) is 39.0 Å². The Morgan fingerprint density at radius 1 is 1.35 bits per heavy atom. The Morgan fingerprint density at radius 2 is 2.12 bits per heavy atom. The van der Waals surface area contributed by atoms with E-state index in [-0.39, 0.29) is 5.60 Å². The first-order valence-electron chi connectivity index (χ1n) is 6.53. The largest absolute Gasteiger partial charge is 0.367 e. The van der Waals surface area contributed by atoms with Crippen molar-refractivity contribution < 1.29 is 9.26 Å². The molecule has 17 heavy (non-hydrogen) atoms. The molecule has 5 heteroatoms. The van der Waals surface area contributed by atoms with Crippen LogP contribution < -0.4 is 5.32 Å². The average Bonchev–Trinajstić information content (AvgIpc) is 2.96. The van der Waals surface area contributed by atoms with E-state index in [1.807, 2.05) is 6.92 Å². The third kappa shape index (κ3) is 2.60. The number of nitrogens with one attached hydrogen (secondary N) is 1. The molecule has 2 rings (SSSR count). The predicted molar refractivity (Wildman–Crippen MR) is 64.9 cm³/mol. The zero-order valence-electron chi connectivity index (χ0n) is 10.7. The van der Waals surface area contributed by atoms with Crippen molar-refractivity contribution in [2.45, 2.75) is 51.6 Å². The summed E-state index contributed by atoms with van der Waals surface area (Å²) in [5, 5.41) is 7.17. The van der Waals surface area contributed by atoms with E-state index in [1.165, 1.54) is 12.8 Å². The summed E-state index contributed by atoms with van der Waals surface area (Å²) in [5.74, 6) is 0.704. The maximum atomic E-state index is 5.88. The third-order valence-electron chi connectivity index (χ3n) is 3.19. The van der Waals surface area contributed by atoms with Gasteiger partial charge in [-0.15, -0.1) is 0 Å². The van der Waals surface area contributed by atoms with E-state index in [2.05, 4.69) is 22.4 Å². The Hall–Kier alpha value is -1.10. The molecule has 1 aromatic rings. The number of rotatable bonds is 6. The summed E-state index contributed by atoms with van der Waals surface area (Å²) in [6.45, 7) is 5.65. The van der Waals surface area contributed by atoms with Gasteiger partial charge in [0.15, 0.2) is 0 Å². The van der Waals surface area contributed by atoms with E-state index >= 15 is 0 Å². The number of nitrogens with zero attached hydrogens (tertiary/aromatic N) is 2. The van der Waals surface area contributed by atoms with Crippen LogP contribution in [0.1, 0.15) is 51.8 Å². The molecule has 1 heterocycles. The fourth-order valence-electron chi connectivity index (χ4n) is 2.37. The molecular weight excluding hydrogens is 218 g/mol. The summed E-state index contributed by atoms with van der Waals surface area (Å²) in [7, 11) is 0. The SMILES string of the molecule is CCCNc1nc(C2(OCC)CCCC2)no1. The lowest BCUT2D eigenvalue weighted by Crippen LogP contribution is -2.27. The van der Waals surface area contributed by atoms with Crippen LogP contribution in [0.5, 0.6) is 0 Å². The van der Waals surface area contributed by atoms with Crippen molar-refractivity contribution in [3.8, 4) is 0 Å². The molecule has 0 saturated heterocycles. The topological polar surface area (TPSA) is 60.2 Å². The van der Waals surface area contributed by atoms with E-state index in [0.717, 1.165) is 25.8 Å². The zero-order valence-corrected chi connectivity index (χ0v) is 10.7. The van der Waals surface area contributed by atoms with E-state index in [0.29, 0.717) is 18.4 Å². The smallest absolute Gasteiger partial charge is 0.321 e. The van der Waals surface area contributed by atoms with Gasteiger partial charge < -0.3 is 14.6 Å². The normalized spacial score (nSPS) is 18.5. The van der Waals surface area contributed by atoms with Crippen LogP contribution in [0.3, 0.4) is 0 Å². The first-order chi connectivity index (χ1) is 8.30. The maximum absolute atomic E-state index is 5.88. The summed E-state index contributed by atoms with van der Waals surface area (Å²) in [5.41, 5.74) is -0.301. The molecule has 0 atom stereocenters. The van der Waals surface area contributed by atoms with Crippen molar-refractivity contribution in [2.24, 2.45) is 0 Å². The molecule has 1 aliphatic carbocycles. The van der Waals surface area contributed by atoms with Gasteiger partial charge in [0.2, 0.25) is 5.82 Å². The second-order valence-corrected chi connectivity index (χ2v) is 4.48. The van der Waals surface area contributed by atoms with Crippen molar-refractivity contribution in [3.63, 3.8) is 0 Å². The predicted octanol–water partition coefficient (Wildman–Crippen LogP) is 2.70. The van der Waals surface area contributed by atoms with Gasteiger partial charge in [0.1, 0.15) is 5.60 Å². The quantitative estimate of drug-likeness (QED) is 0.827. The minimum atomic E-state index is -0.301. The molecule has 5 nitrogen and oxygen atoms in total. The highest BCUT2D eigenvalue weighted by atomic mass is 16.5. The van der Waals surface area contributed by atoms with E-state index < -0.39 is 0 Å². The number of hydrogen-bond donors (Lipinski definition) is 1. The molecule has 1 aliphatic rings. The Bertz CT molecular complexity index is 345. The summed E-state index contributed by atoms with van der Waals surface area (Å²) in [6, 6.07) is 0.507. The minimum Gasteiger partial charge on any atom is -0.367 e. The molecule has 1 N–H and O–H groups in total. The van der Waals surface area contributed by atoms with Crippen molar-refractivity contribution in [3.05, 3.63) is 5.82 Å². The average molecular weight is 239 g/mol. The maximum Gasteiger partial charge on any atom is 0.321 e. The van der Waals surface area contributed by atoms with Gasteiger partial charge in [-0.25, -0.2) is 0 Å². The highest BCUT2D eigenvalue weighted by Gasteiger charge is 2.40. The molecular formula is C12H21N3O2. The molecule has 0 unspecified atom stereocenters. The molecule has 0 aromatic carbocycles. The molecule has 0 aliphatic heterocycles. The molecule has 96 valence electrons. The van der Waals surface area contributed by atoms with E-state index in [4.69, 9.17) is 9.26 Å². The van der Waals surface area contributed by atoms with Gasteiger partial charge >= 0.3 is 6.01 Å². The van der Waals surface area contributed by atoms with Crippen LogP contribution in [0.4, 0.5) is 6.01 Å². The fraction of sp³-hybridized carbons (Fsp3) is 0.833. The van der Waals surface area contributed by atoms with Crippen molar-refractivity contribution in [1.29, 1.82) is 0 Å². The standard InChI is InChI=1S/C12H21N3O2/c1-3-9-13-11-14-10(15-17-11)12(16-4-2)7-5-6-8-12/h3-9H2,1-2H3,(H,13,14,15). The second kappa shape index (κ2) is 5.49. The molecule has 0 spiro atoms. The molecule has 1 saturated carbocycles. The van der Waals surface area contributed by atoms with Crippen LogP contribution in [0, 0.1) is 0 Å². The first-order valence-corrected chi connectivity index (χ1v) is 6.53. The van der Waals surface area contributed by atoms with Crippen molar-refractivity contribution in [2.75, 3.05) is 18.5 Å². The lowest BCUT2D eigenvalue weighted by Gasteiger charge is -2.24. The highest BCUT2D eigenvalue weighted by Crippen LogP contribution is 2.40. The van der Waals surface area contributed by atoms with Crippen LogP contribution in [0.2, 0.25) is 0 Å². The van der Waals surface area contributed by atoms with Gasteiger partial charge in [0.25, 0.3) is 0 Å². The van der Waals surface area contributed by atoms with E-state index in [1.54, 1.807) is 0 Å². The Labute approximate surface area is 102 Å². The van der Waals surface area contributed by atoms with Gasteiger partial charge in [0.05, 0.1) is 0 Å². The summed E-state index contributed by atoms with van der Waals surface area (Å²) < 4.78 is 11.1. The Balaban J connectivity index is 2.10. The van der Waals surface area contributed by atoms with Crippen LogP contribution in [-0.4, -0.2) is 23.3 Å². The number of aromatic nitrogens is 2. The zero-order chi connectivity index (χ0) is 12.1. The molecule has 0 bridgehead atoms. The number of hydrogen-bond acceptors (Lipinski definition) is 5. The van der Waals surface area contributed by atoms with Crippen LogP contribution in [-0.2, 0) is 10.3 Å². The summed E-state index contributed by atoms with van der Waals surface area (Å²) in [4.78, 5) is 4.41. The Kier molecular flexibility index (Phi) is 3.99. The molecule has 1 fully saturated rings. The van der Waals surface area contributed by atoms with Gasteiger partial charge in [-0.1, -0.05) is 12.1 Å². The highest BCUT2D eigenvalue weighted by molar-refractivity contribution is 5.20. The lowest BCUT2D eigenvalue weighted by atomic mass is 10.0. The van der Waals surface area contributed by atoms with Gasteiger partial charge in [0, 0.05) is 13.2 Å². The van der Waals surface area contributed by atoms with Crippen LogP contribution >= 0.6 is 0 Å².